The lowest BCUT2D eigenvalue weighted by Crippen LogP contribution is -2.13. The Balaban J connectivity index is 2.51. The predicted octanol–water partition coefficient (Wildman–Crippen LogP) is 0.868. The fourth-order valence-electron chi connectivity index (χ4n) is 0.849. The Hall–Kier alpha value is -0.900. The molecule has 11 heavy (non-hydrogen) atoms. The number of hydrogen-bond acceptors (Lipinski definition) is 2. The van der Waals surface area contributed by atoms with Gasteiger partial charge in [-0.15, -0.1) is 0 Å². The third-order valence-electron chi connectivity index (χ3n) is 1.50. The molecule has 0 saturated carbocycles. The maximum absolute atomic E-state index is 5.35. The molecule has 2 N–H and O–H groups in total. The molecule has 1 aromatic rings. The summed E-state index contributed by atoms with van der Waals surface area (Å²) in [5.74, 6) is 0. The average Bonchev–Trinajstić information content (AvgIpc) is 2.31. The minimum Gasteiger partial charge on any atom is -0.393 e. The molecule has 0 bridgehead atoms. The Bertz CT molecular complexity index is 254. The van der Waals surface area contributed by atoms with E-state index in [1.807, 2.05) is 17.7 Å². The number of hydrogen-bond donors (Lipinski definition) is 1. The van der Waals surface area contributed by atoms with Crippen LogP contribution in [0.2, 0.25) is 0 Å². The maximum atomic E-state index is 5.35. The molecule has 60 valence electrons. The second kappa shape index (κ2) is 3.48. The van der Waals surface area contributed by atoms with Crippen molar-refractivity contribution in [3.05, 3.63) is 18.0 Å². The Morgan fingerprint density at radius 2 is 2.55 bits per heavy atom. The minimum atomic E-state index is 0.542. The number of nitrogens with zero attached hydrogens (tertiary/aromatic N) is 2. The smallest absolute Gasteiger partial charge is 0.0745 e. The van der Waals surface area contributed by atoms with Crippen LogP contribution in [0.25, 0.3) is 0 Å². The van der Waals surface area contributed by atoms with Crippen LogP contribution in [-0.2, 0) is 6.54 Å². The molecule has 0 amide bonds. The van der Waals surface area contributed by atoms with E-state index in [2.05, 4.69) is 5.10 Å². The van der Waals surface area contributed by atoms with Gasteiger partial charge in [0.25, 0.3) is 0 Å². The van der Waals surface area contributed by atoms with Crippen LogP contribution in [0, 0.1) is 6.92 Å². The van der Waals surface area contributed by atoms with Crippen molar-refractivity contribution in [2.45, 2.75) is 19.9 Å². The molecular formula is C7H11N3S. The van der Waals surface area contributed by atoms with Gasteiger partial charge in [-0.05, 0) is 13.0 Å². The van der Waals surface area contributed by atoms with Gasteiger partial charge in [0.2, 0.25) is 0 Å². The van der Waals surface area contributed by atoms with Crippen molar-refractivity contribution < 1.29 is 0 Å². The summed E-state index contributed by atoms with van der Waals surface area (Å²) in [6.45, 7) is 2.79. The molecule has 1 rings (SSSR count). The summed E-state index contributed by atoms with van der Waals surface area (Å²) in [5.41, 5.74) is 6.49. The Labute approximate surface area is 71.2 Å². The van der Waals surface area contributed by atoms with Crippen LogP contribution in [0.15, 0.2) is 12.3 Å². The highest BCUT2D eigenvalue weighted by atomic mass is 32.1. The highest BCUT2D eigenvalue weighted by Crippen LogP contribution is 1.96. The minimum absolute atomic E-state index is 0.542. The summed E-state index contributed by atoms with van der Waals surface area (Å²) < 4.78 is 1.89. The second-order valence-corrected chi connectivity index (χ2v) is 2.94. The summed E-state index contributed by atoms with van der Waals surface area (Å²) in [6, 6.07) is 1.96. The first-order chi connectivity index (χ1) is 5.20. The van der Waals surface area contributed by atoms with Crippen molar-refractivity contribution in [2.24, 2.45) is 5.73 Å². The van der Waals surface area contributed by atoms with Gasteiger partial charge in [0.15, 0.2) is 0 Å². The van der Waals surface area contributed by atoms with Crippen molar-refractivity contribution in [2.75, 3.05) is 0 Å². The molecule has 0 aromatic carbocycles. The molecule has 0 spiro atoms. The number of aryl methyl sites for hydroxylation is 2. The van der Waals surface area contributed by atoms with E-state index in [1.165, 1.54) is 0 Å². The molecule has 0 atom stereocenters. The Morgan fingerprint density at radius 3 is 3.00 bits per heavy atom. The van der Waals surface area contributed by atoms with E-state index >= 15 is 0 Å². The fraction of sp³-hybridized carbons (Fsp3) is 0.429. The van der Waals surface area contributed by atoms with E-state index in [0.717, 1.165) is 18.7 Å². The van der Waals surface area contributed by atoms with Crippen molar-refractivity contribution in [3.63, 3.8) is 0 Å². The molecule has 0 saturated heterocycles. The molecular weight excluding hydrogens is 158 g/mol. The van der Waals surface area contributed by atoms with Gasteiger partial charge < -0.3 is 5.73 Å². The zero-order chi connectivity index (χ0) is 8.27. The van der Waals surface area contributed by atoms with Crippen molar-refractivity contribution in [1.82, 2.24) is 9.78 Å². The van der Waals surface area contributed by atoms with Gasteiger partial charge in [0, 0.05) is 24.9 Å². The van der Waals surface area contributed by atoms with E-state index in [4.69, 9.17) is 18.0 Å². The number of rotatable bonds is 3. The molecule has 0 fully saturated rings. The van der Waals surface area contributed by atoms with Crippen molar-refractivity contribution in [3.8, 4) is 0 Å². The normalized spacial score (nSPS) is 9.91. The first-order valence-corrected chi connectivity index (χ1v) is 3.87. The van der Waals surface area contributed by atoms with Crippen LogP contribution in [0.3, 0.4) is 0 Å². The van der Waals surface area contributed by atoms with E-state index in [0.29, 0.717) is 4.99 Å². The SMILES string of the molecule is Cc1ccnn1CCC(N)=S. The molecule has 0 radical (unpaired) electrons. The van der Waals surface area contributed by atoms with E-state index < -0.39 is 0 Å². The quantitative estimate of drug-likeness (QED) is 0.683. The van der Waals surface area contributed by atoms with Crippen LogP contribution >= 0.6 is 12.2 Å². The van der Waals surface area contributed by atoms with Gasteiger partial charge in [0.05, 0.1) is 4.99 Å². The molecule has 1 aromatic heterocycles. The van der Waals surface area contributed by atoms with Gasteiger partial charge >= 0.3 is 0 Å². The number of nitrogens with two attached hydrogens (primary N) is 1. The standard InChI is InChI=1S/C7H11N3S/c1-6-2-4-9-10(6)5-3-7(8)11/h2,4H,3,5H2,1H3,(H2,8,11). The van der Waals surface area contributed by atoms with Crippen LogP contribution in [0.4, 0.5) is 0 Å². The van der Waals surface area contributed by atoms with Gasteiger partial charge in [0.1, 0.15) is 0 Å². The third kappa shape index (κ3) is 2.31. The highest BCUT2D eigenvalue weighted by Gasteiger charge is 1.96. The summed E-state index contributed by atoms with van der Waals surface area (Å²) in [5, 5.41) is 4.09. The molecule has 3 nitrogen and oxygen atoms in total. The summed E-state index contributed by atoms with van der Waals surface area (Å²) in [6.07, 6.45) is 2.49. The molecule has 0 aliphatic carbocycles. The van der Waals surface area contributed by atoms with Gasteiger partial charge in [-0.2, -0.15) is 5.10 Å². The molecule has 4 heteroatoms. The lowest BCUT2D eigenvalue weighted by Gasteiger charge is -2.01. The van der Waals surface area contributed by atoms with Crippen molar-refractivity contribution in [1.29, 1.82) is 0 Å². The monoisotopic (exact) mass is 169 g/mol. The van der Waals surface area contributed by atoms with E-state index in [-0.39, 0.29) is 0 Å². The van der Waals surface area contributed by atoms with Crippen molar-refractivity contribution >= 4 is 17.2 Å². The summed E-state index contributed by atoms with van der Waals surface area (Å²) >= 11 is 4.75. The number of thiocarbonyl (C=S) groups is 1. The van der Waals surface area contributed by atoms with Gasteiger partial charge in [-0.1, -0.05) is 12.2 Å². The zero-order valence-electron chi connectivity index (χ0n) is 6.45. The molecule has 0 aliphatic heterocycles. The first kappa shape index (κ1) is 8.20. The molecule has 0 unspecified atom stereocenters. The lowest BCUT2D eigenvalue weighted by molar-refractivity contribution is 0.617. The summed E-state index contributed by atoms with van der Waals surface area (Å²) in [4.78, 5) is 0.542. The van der Waals surface area contributed by atoms with Gasteiger partial charge in [-0.25, -0.2) is 0 Å². The van der Waals surface area contributed by atoms with E-state index in [1.54, 1.807) is 6.20 Å². The predicted molar refractivity (Wildman–Crippen MR) is 48.4 cm³/mol. The molecule has 1 heterocycles. The first-order valence-electron chi connectivity index (χ1n) is 3.47. The van der Waals surface area contributed by atoms with Crippen LogP contribution in [0.5, 0.6) is 0 Å². The second-order valence-electron chi connectivity index (χ2n) is 2.41. The lowest BCUT2D eigenvalue weighted by atomic mass is 10.4. The number of aromatic nitrogens is 2. The van der Waals surface area contributed by atoms with Crippen LogP contribution in [0.1, 0.15) is 12.1 Å². The Kier molecular flexibility index (Phi) is 2.59. The average molecular weight is 169 g/mol. The van der Waals surface area contributed by atoms with Crippen LogP contribution < -0.4 is 5.73 Å². The Morgan fingerprint density at radius 1 is 1.82 bits per heavy atom. The third-order valence-corrected chi connectivity index (χ3v) is 1.70. The van der Waals surface area contributed by atoms with Crippen LogP contribution in [-0.4, -0.2) is 14.8 Å². The zero-order valence-corrected chi connectivity index (χ0v) is 7.27. The van der Waals surface area contributed by atoms with E-state index in [9.17, 15) is 0 Å². The summed E-state index contributed by atoms with van der Waals surface area (Å²) in [7, 11) is 0. The highest BCUT2D eigenvalue weighted by molar-refractivity contribution is 7.80. The van der Waals surface area contributed by atoms with Gasteiger partial charge in [-0.3, -0.25) is 4.68 Å². The fourth-order valence-corrected chi connectivity index (χ4v) is 0.940. The molecule has 0 aliphatic rings. The topological polar surface area (TPSA) is 43.8 Å². The maximum Gasteiger partial charge on any atom is 0.0745 e. The largest absolute Gasteiger partial charge is 0.393 e.